The molecule has 4 aliphatic heterocycles. The molecule has 0 aromatic carbocycles. The molecule has 0 bridgehead atoms. The first-order valence-electron chi connectivity index (χ1n) is 9.47. The Balaban J connectivity index is 1.36. The highest BCUT2D eigenvalue weighted by molar-refractivity contribution is 7.80. The molecule has 8 nitrogen and oxygen atoms in total. The first-order chi connectivity index (χ1) is 12.7. The van der Waals surface area contributed by atoms with Crippen LogP contribution in [0.3, 0.4) is 0 Å². The molecular formula is C16H28N6O2S2. The van der Waals surface area contributed by atoms with E-state index in [-0.39, 0.29) is 0 Å². The summed E-state index contributed by atoms with van der Waals surface area (Å²) in [5, 5.41) is 12.2. The van der Waals surface area contributed by atoms with E-state index in [0.717, 1.165) is 88.9 Å². The topological polar surface area (TPSA) is 55.5 Å². The fourth-order valence-corrected chi connectivity index (χ4v) is 4.36. The van der Waals surface area contributed by atoms with Crippen LogP contribution in [0.25, 0.3) is 0 Å². The van der Waals surface area contributed by atoms with Crippen LogP contribution >= 0.6 is 24.4 Å². The molecule has 0 aliphatic carbocycles. The molecule has 0 aromatic rings. The number of hydrogen-bond acceptors (Lipinski definition) is 6. The standard InChI is InChI=1S/C16H28N6O2S2/c25-15-17-9-19(7-13-3-1-5-23-13)11-21(15)22-12-20(10-18-16(22)26)8-14-4-2-6-24-14/h13-14H,1-12H2,(H,17,25)(H,18,26)/t13-,14-/m0/s1. The van der Waals surface area contributed by atoms with Gasteiger partial charge in [0.2, 0.25) is 0 Å². The van der Waals surface area contributed by atoms with Gasteiger partial charge in [-0.25, -0.2) is 10.0 Å². The molecule has 10 heteroatoms. The van der Waals surface area contributed by atoms with Crippen LogP contribution in [-0.2, 0) is 9.47 Å². The summed E-state index contributed by atoms with van der Waals surface area (Å²) in [5.41, 5.74) is 0. The second kappa shape index (κ2) is 8.49. The predicted octanol–water partition coefficient (Wildman–Crippen LogP) is 0.0736. The van der Waals surface area contributed by atoms with Crippen molar-refractivity contribution in [3.05, 3.63) is 0 Å². The minimum atomic E-state index is 0.327. The van der Waals surface area contributed by atoms with Crippen molar-refractivity contribution in [1.29, 1.82) is 0 Å². The molecule has 4 rings (SSSR count). The third kappa shape index (κ3) is 4.37. The Bertz CT molecular complexity index is 481. The highest BCUT2D eigenvalue weighted by atomic mass is 32.1. The van der Waals surface area contributed by atoms with E-state index in [0.29, 0.717) is 12.2 Å². The van der Waals surface area contributed by atoms with E-state index in [1.54, 1.807) is 0 Å². The Morgan fingerprint density at radius 1 is 0.808 bits per heavy atom. The van der Waals surface area contributed by atoms with E-state index in [4.69, 9.17) is 33.9 Å². The smallest absolute Gasteiger partial charge is 0.190 e. The maximum atomic E-state index is 5.78. The number of hydrazine groups is 1. The van der Waals surface area contributed by atoms with Crippen molar-refractivity contribution >= 4 is 34.7 Å². The van der Waals surface area contributed by atoms with Crippen molar-refractivity contribution in [2.75, 3.05) is 53.0 Å². The first-order valence-corrected chi connectivity index (χ1v) is 10.3. The zero-order valence-corrected chi connectivity index (χ0v) is 16.7. The third-order valence-electron chi connectivity index (χ3n) is 5.31. The van der Waals surface area contributed by atoms with Gasteiger partial charge < -0.3 is 20.1 Å². The second-order valence-corrected chi connectivity index (χ2v) is 8.11. The van der Waals surface area contributed by atoms with Crippen molar-refractivity contribution in [3.63, 3.8) is 0 Å². The molecule has 4 fully saturated rings. The number of thiocarbonyl (C=S) groups is 2. The molecule has 0 amide bonds. The van der Waals surface area contributed by atoms with Crippen LogP contribution in [0, 0.1) is 0 Å². The van der Waals surface area contributed by atoms with Crippen LogP contribution in [0.15, 0.2) is 0 Å². The minimum absolute atomic E-state index is 0.327. The highest BCUT2D eigenvalue weighted by Gasteiger charge is 2.33. The molecule has 4 aliphatic rings. The Morgan fingerprint density at radius 2 is 1.27 bits per heavy atom. The SMILES string of the molecule is S=C1NCN(C[C@@H]2CCCO2)CN1N1CN(C[C@@H]2CCCO2)CNC1=S. The van der Waals surface area contributed by atoms with E-state index < -0.39 is 0 Å². The largest absolute Gasteiger partial charge is 0.377 e. The zero-order valence-electron chi connectivity index (χ0n) is 15.1. The van der Waals surface area contributed by atoms with Gasteiger partial charge >= 0.3 is 0 Å². The lowest BCUT2D eigenvalue weighted by atomic mass is 10.2. The van der Waals surface area contributed by atoms with Gasteiger partial charge in [0, 0.05) is 26.3 Å². The molecule has 146 valence electrons. The Labute approximate surface area is 165 Å². The summed E-state index contributed by atoms with van der Waals surface area (Å²) >= 11 is 11.1. The van der Waals surface area contributed by atoms with Crippen molar-refractivity contribution < 1.29 is 9.47 Å². The fraction of sp³-hybridized carbons (Fsp3) is 0.875. The van der Waals surface area contributed by atoms with Gasteiger partial charge in [-0.15, -0.1) is 0 Å². The van der Waals surface area contributed by atoms with Gasteiger partial charge in [-0.05, 0) is 50.1 Å². The molecule has 0 unspecified atom stereocenters. The molecule has 0 saturated carbocycles. The quantitative estimate of drug-likeness (QED) is 0.620. The number of rotatable bonds is 5. The summed E-state index contributed by atoms with van der Waals surface area (Å²) in [4.78, 5) is 4.65. The van der Waals surface area contributed by atoms with E-state index in [1.807, 2.05) is 0 Å². The Hall–Kier alpha value is -0.780. The molecule has 26 heavy (non-hydrogen) atoms. The van der Waals surface area contributed by atoms with E-state index in [1.165, 1.54) is 0 Å². The summed E-state index contributed by atoms with van der Waals surface area (Å²) < 4.78 is 11.6. The summed E-state index contributed by atoms with van der Waals surface area (Å²) in [7, 11) is 0. The van der Waals surface area contributed by atoms with Gasteiger partial charge in [-0.3, -0.25) is 9.80 Å². The van der Waals surface area contributed by atoms with Crippen LogP contribution in [0.4, 0.5) is 0 Å². The highest BCUT2D eigenvalue weighted by Crippen LogP contribution is 2.18. The lowest BCUT2D eigenvalue weighted by molar-refractivity contribution is -0.0383. The Morgan fingerprint density at radius 3 is 1.65 bits per heavy atom. The number of nitrogens with one attached hydrogen (secondary N) is 2. The minimum Gasteiger partial charge on any atom is -0.377 e. The normalized spacial score (nSPS) is 31.4. The molecule has 0 radical (unpaired) electrons. The van der Waals surface area contributed by atoms with Gasteiger partial charge in [-0.1, -0.05) is 0 Å². The van der Waals surface area contributed by atoms with Crippen molar-refractivity contribution in [2.45, 2.75) is 37.9 Å². The van der Waals surface area contributed by atoms with Crippen LogP contribution in [0.2, 0.25) is 0 Å². The van der Waals surface area contributed by atoms with E-state index in [2.05, 4.69) is 30.5 Å². The summed E-state index contributed by atoms with van der Waals surface area (Å²) in [6, 6.07) is 0. The summed E-state index contributed by atoms with van der Waals surface area (Å²) in [5.74, 6) is 0. The molecule has 2 N–H and O–H groups in total. The van der Waals surface area contributed by atoms with Gasteiger partial charge in [0.15, 0.2) is 10.2 Å². The average Bonchev–Trinajstić information content (AvgIpc) is 3.33. The van der Waals surface area contributed by atoms with Gasteiger partial charge in [0.05, 0.1) is 38.9 Å². The zero-order chi connectivity index (χ0) is 17.9. The maximum absolute atomic E-state index is 5.78. The van der Waals surface area contributed by atoms with Crippen molar-refractivity contribution in [1.82, 2.24) is 30.5 Å². The van der Waals surface area contributed by atoms with Gasteiger partial charge in [0.1, 0.15) is 0 Å². The maximum Gasteiger partial charge on any atom is 0.190 e. The molecule has 0 aromatic heterocycles. The van der Waals surface area contributed by atoms with Crippen LogP contribution in [0.1, 0.15) is 25.7 Å². The van der Waals surface area contributed by atoms with Crippen LogP contribution in [-0.4, -0.2) is 95.2 Å². The van der Waals surface area contributed by atoms with Crippen LogP contribution in [0.5, 0.6) is 0 Å². The Kier molecular flexibility index (Phi) is 6.07. The van der Waals surface area contributed by atoms with Crippen molar-refractivity contribution in [3.8, 4) is 0 Å². The summed E-state index contributed by atoms with van der Waals surface area (Å²) in [6.07, 6.45) is 5.25. The van der Waals surface area contributed by atoms with Gasteiger partial charge in [0.25, 0.3) is 0 Å². The second-order valence-electron chi connectivity index (χ2n) is 7.34. The van der Waals surface area contributed by atoms with Crippen molar-refractivity contribution in [2.24, 2.45) is 0 Å². The molecule has 0 spiro atoms. The number of ether oxygens (including phenoxy) is 2. The number of hydrogen-bond donors (Lipinski definition) is 2. The lowest BCUT2D eigenvalue weighted by Crippen LogP contribution is -2.69. The van der Waals surface area contributed by atoms with Crippen LogP contribution < -0.4 is 10.6 Å². The predicted molar refractivity (Wildman–Crippen MR) is 106 cm³/mol. The monoisotopic (exact) mass is 400 g/mol. The molecule has 4 saturated heterocycles. The number of nitrogens with zero attached hydrogens (tertiary/aromatic N) is 4. The average molecular weight is 401 g/mol. The molecule has 4 heterocycles. The first kappa shape index (κ1) is 18.6. The fourth-order valence-electron chi connectivity index (χ4n) is 3.92. The van der Waals surface area contributed by atoms with E-state index in [9.17, 15) is 0 Å². The van der Waals surface area contributed by atoms with E-state index >= 15 is 0 Å². The molecule has 2 atom stereocenters. The molecular weight excluding hydrogens is 372 g/mol. The van der Waals surface area contributed by atoms with Gasteiger partial charge in [-0.2, -0.15) is 0 Å². The third-order valence-corrected chi connectivity index (χ3v) is 6.02. The lowest BCUT2D eigenvalue weighted by Gasteiger charge is -2.48. The summed E-state index contributed by atoms with van der Waals surface area (Å²) in [6.45, 7) is 6.55.